The van der Waals surface area contributed by atoms with Crippen molar-refractivity contribution in [3.8, 4) is 5.75 Å². The lowest BCUT2D eigenvalue weighted by molar-refractivity contribution is -0.126. The van der Waals surface area contributed by atoms with Gasteiger partial charge in [0.05, 0.1) is 12.2 Å². The number of halogens is 1. The fourth-order valence-electron chi connectivity index (χ4n) is 3.97. The number of hydrogen-bond acceptors (Lipinski definition) is 3. The molecule has 2 aliphatic heterocycles. The van der Waals surface area contributed by atoms with Crippen molar-refractivity contribution in [2.45, 2.75) is 26.3 Å². The summed E-state index contributed by atoms with van der Waals surface area (Å²) in [4.78, 5) is 29.2. The Balaban J connectivity index is 1.31. The summed E-state index contributed by atoms with van der Waals surface area (Å²) >= 11 is 0. The predicted molar refractivity (Wildman–Crippen MR) is 112 cm³/mol. The van der Waals surface area contributed by atoms with Crippen LogP contribution in [0.4, 0.5) is 14.9 Å². The van der Waals surface area contributed by atoms with Crippen molar-refractivity contribution in [1.29, 1.82) is 0 Å². The highest BCUT2D eigenvalue weighted by atomic mass is 19.1. The first-order valence-electron chi connectivity index (χ1n) is 10.3. The van der Waals surface area contributed by atoms with Crippen LogP contribution in [0, 0.1) is 18.7 Å². The molecule has 0 aromatic heterocycles. The number of anilines is 1. The van der Waals surface area contributed by atoms with Crippen LogP contribution >= 0.6 is 0 Å². The Kier molecular flexibility index (Phi) is 5.88. The minimum atomic E-state index is -0.292. The van der Waals surface area contributed by atoms with Crippen molar-refractivity contribution in [3.05, 3.63) is 59.4 Å². The summed E-state index contributed by atoms with van der Waals surface area (Å²) in [6.07, 6.45) is 1.26. The van der Waals surface area contributed by atoms with Crippen LogP contribution < -0.4 is 15.0 Å². The molecule has 3 amide bonds. The lowest BCUT2D eigenvalue weighted by Gasteiger charge is -2.37. The van der Waals surface area contributed by atoms with Gasteiger partial charge < -0.3 is 15.0 Å². The molecule has 0 aliphatic carbocycles. The quantitative estimate of drug-likeness (QED) is 0.841. The van der Waals surface area contributed by atoms with E-state index in [1.807, 2.05) is 30.0 Å². The lowest BCUT2D eigenvalue weighted by Crippen LogP contribution is -2.50. The number of likely N-dealkylation sites (tertiary alicyclic amines) is 1. The van der Waals surface area contributed by atoms with E-state index in [-0.39, 0.29) is 23.7 Å². The van der Waals surface area contributed by atoms with Gasteiger partial charge in [-0.1, -0.05) is 18.2 Å². The number of nitrogens with one attached hydrogen (secondary N) is 1. The van der Waals surface area contributed by atoms with Crippen LogP contribution in [0.2, 0.25) is 0 Å². The Morgan fingerprint density at radius 3 is 2.57 bits per heavy atom. The SMILES string of the molecule is Cc1ccc2c(c1)N(C(=O)N1CCC(C(=O)NCc3ccc(F)cc3)CC1)CCO2. The van der Waals surface area contributed by atoms with E-state index < -0.39 is 0 Å². The first-order chi connectivity index (χ1) is 14.5. The average molecular weight is 411 g/mol. The summed E-state index contributed by atoms with van der Waals surface area (Å²) < 4.78 is 18.7. The maximum absolute atomic E-state index is 13.1. The van der Waals surface area contributed by atoms with Gasteiger partial charge in [0.25, 0.3) is 0 Å². The molecule has 2 aromatic rings. The molecular weight excluding hydrogens is 385 g/mol. The molecule has 7 heteroatoms. The van der Waals surface area contributed by atoms with Crippen LogP contribution in [0.15, 0.2) is 42.5 Å². The molecule has 0 radical (unpaired) electrons. The number of aryl methyl sites for hydroxylation is 1. The molecule has 0 spiro atoms. The predicted octanol–water partition coefficient (Wildman–Crippen LogP) is 3.48. The first kappa shape index (κ1) is 20.2. The lowest BCUT2D eigenvalue weighted by atomic mass is 9.96. The van der Waals surface area contributed by atoms with E-state index in [1.165, 1.54) is 12.1 Å². The largest absolute Gasteiger partial charge is 0.490 e. The molecule has 1 saturated heterocycles. The van der Waals surface area contributed by atoms with Crippen LogP contribution in [0.5, 0.6) is 5.75 Å². The van der Waals surface area contributed by atoms with Gasteiger partial charge in [0.15, 0.2) is 0 Å². The number of piperidine rings is 1. The number of benzene rings is 2. The maximum atomic E-state index is 13.1. The molecule has 2 aromatic carbocycles. The fourth-order valence-corrected chi connectivity index (χ4v) is 3.97. The number of urea groups is 1. The molecular formula is C23H26FN3O3. The number of nitrogens with zero attached hydrogens (tertiary/aromatic N) is 2. The zero-order valence-corrected chi connectivity index (χ0v) is 17.1. The zero-order chi connectivity index (χ0) is 21.1. The summed E-state index contributed by atoms with van der Waals surface area (Å²) in [5.74, 6) is 0.308. The molecule has 0 unspecified atom stereocenters. The van der Waals surface area contributed by atoms with Crippen molar-refractivity contribution in [3.63, 3.8) is 0 Å². The van der Waals surface area contributed by atoms with Crippen LogP contribution in [-0.2, 0) is 11.3 Å². The molecule has 1 N–H and O–H groups in total. The topological polar surface area (TPSA) is 61.9 Å². The van der Waals surface area contributed by atoms with Crippen molar-refractivity contribution in [2.24, 2.45) is 5.92 Å². The molecule has 0 bridgehead atoms. The average Bonchev–Trinajstić information content (AvgIpc) is 2.77. The summed E-state index contributed by atoms with van der Waals surface area (Å²) in [5.41, 5.74) is 2.75. The van der Waals surface area contributed by atoms with E-state index in [1.54, 1.807) is 17.0 Å². The van der Waals surface area contributed by atoms with Gasteiger partial charge in [0, 0.05) is 25.6 Å². The van der Waals surface area contributed by atoms with Crippen LogP contribution in [-0.4, -0.2) is 43.1 Å². The number of amides is 3. The third kappa shape index (κ3) is 4.40. The van der Waals surface area contributed by atoms with Crippen LogP contribution in [0.1, 0.15) is 24.0 Å². The molecule has 0 atom stereocenters. The third-order valence-electron chi connectivity index (χ3n) is 5.72. The zero-order valence-electron chi connectivity index (χ0n) is 17.1. The molecule has 6 nitrogen and oxygen atoms in total. The highest BCUT2D eigenvalue weighted by molar-refractivity contribution is 5.94. The Morgan fingerprint density at radius 1 is 1.10 bits per heavy atom. The number of carbonyl (C=O) groups is 2. The van der Waals surface area contributed by atoms with E-state index >= 15 is 0 Å². The highest BCUT2D eigenvalue weighted by Crippen LogP contribution is 2.33. The van der Waals surface area contributed by atoms with Gasteiger partial charge >= 0.3 is 6.03 Å². The molecule has 2 heterocycles. The van der Waals surface area contributed by atoms with Gasteiger partial charge in [-0.05, 0) is 55.2 Å². The molecule has 4 rings (SSSR count). The Labute approximate surface area is 175 Å². The third-order valence-corrected chi connectivity index (χ3v) is 5.72. The number of carbonyl (C=O) groups excluding carboxylic acids is 2. The monoisotopic (exact) mass is 411 g/mol. The number of ether oxygens (including phenoxy) is 1. The van der Waals surface area contributed by atoms with Gasteiger partial charge in [-0.2, -0.15) is 0 Å². The second-order valence-electron chi connectivity index (χ2n) is 7.86. The van der Waals surface area contributed by atoms with Crippen molar-refractivity contribution in [2.75, 3.05) is 31.1 Å². The summed E-state index contributed by atoms with van der Waals surface area (Å²) in [7, 11) is 0. The van der Waals surface area contributed by atoms with Crippen molar-refractivity contribution in [1.82, 2.24) is 10.2 Å². The van der Waals surface area contributed by atoms with Gasteiger partial charge in [-0.25, -0.2) is 9.18 Å². The van der Waals surface area contributed by atoms with E-state index in [9.17, 15) is 14.0 Å². The molecule has 0 saturated carbocycles. The van der Waals surface area contributed by atoms with Crippen LogP contribution in [0.3, 0.4) is 0 Å². The Morgan fingerprint density at radius 2 is 1.83 bits per heavy atom. The standard InChI is InChI=1S/C23H26FN3O3/c1-16-2-7-21-20(14-16)27(12-13-30-21)23(29)26-10-8-18(9-11-26)22(28)25-15-17-3-5-19(24)6-4-17/h2-7,14,18H,8-13,15H2,1H3,(H,25,28). The molecule has 2 aliphatic rings. The number of fused-ring (bicyclic) bond motifs is 1. The minimum absolute atomic E-state index is 0.0150. The highest BCUT2D eigenvalue weighted by Gasteiger charge is 2.32. The van der Waals surface area contributed by atoms with Crippen molar-refractivity contribution < 1.29 is 18.7 Å². The summed E-state index contributed by atoms with van der Waals surface area (Å²) in [6, 6.07) is 11.9. The normalized spacial score (nSPS) is 16.6. The van der Waals surface area contributed by atoms with Gasteiger partial charge in [-0.15, -0.1) is 0 Å². The first-order valence-corrected chi connectivity index (χ1v) is 10.3. The van der Waals surface area contributed by atoms with Crippen LogP contribution in [0.25, 0.3) is 0 Å². The van der Waals surface area contributed by atoms with Gasteiger partial charge in [0.1, 0.15) is 18.2 Å². The number of rotatable bonds is 3. The smallest absolute Gasteiger partial charge is 0.324 e. The van der Waals surface area contributed by atoms with Gasteiger partial charge in [-0.3, -0.25) is 9.69 Å². The maximum Gasteiger partial charge on any atom is 0.324 e. The van der Waals surface area contributed by atoms with Crippen molar-refractivity contribution >= 4 is 17.6 Å². The van der Waals surface area contributed by atoms with E-state index in [2.05, 4.69) is 5.32 Å². The summed E-state index contributed by atoms with van der Waals surface area (Å²) in [5, 5.41) is 2.92. The Hall–Kier alpha value is -3.09. The minimum Gasteiger partial charge on any atom is -0.490 e. The van der Waals surface area contributed by atoms with Gasteiger partial charge in [0.2, 0.25) is 5.91 Å². The molecule has 1 fully saturated rings. The molecule has 30 heavy (non-hydrogen) atoms. The second-order valence-corrected chi connectivity index (χ2v) is 7.86. The fraction of sp³-hybridized carbons (Fsp3) is 0.391. The van der Waals surface area contributed by atoms with E-state index in [0.29, 0.717) is 45.6 Å². The molecule has 158 valence electrons. The Bertz CT molecular complexity index is 924. The second kappa shape index (κ2) is 8.73. The summed E-state index contributed by atoms with van der Waals surface area (Å²) in [6.45, 7) is 4.46. The van der Waals surface area contributed by atoms with E-state index in [0.717, 1.165) is 22.6 Å². The number of hydrogen-bond donors (Lipinski definition) is 1. The van der Waals surface area contributed by atoms with E-state index in [4.69, 9.17) is 4.74 Å².